The van der Waals surface area contributed by atoms with Crippen LogP contribution in [0.2, 0.25) is 0 Å². The summed E-state index contributed by atoms with van der Waals surface area (Å²) in [7, 11) is 0. The van der Waals surface area contributed by atoms with Crippen LogP contribution in [0.3, 0.4) is 0 Å². The van der Waals surface area contributed by atoms with Gasteiger partial charge in [-0.1, -0.05) is 0 Å². The summed E-state index contributed by atoms with van der Waals surface area (Å²) in [6, 6.07) is 9.92. The number of nitrogen functional groups attached to an aromatic ring is 1. The number of hydrogen-bond acceptors (Lipinski definition) is 6. The molecule has 7 N–H and O–H groups in total. The molecule has 9 nitrogen and oxygen atoms in total. The van der Waals surface area contributed by atoms with Gasteiger partial charge in [0.2, 0.25) is 0 Å². The lowest BCUT2D eigenvalue weighted by molar-refractivity contribution is -0.138. The second-order valence-electron chi connectivity index (χ2n) is 5.79. The summed E-state index contributed by atoms with van der Waals surface area (Å²) < 4.78 is 10.8. The molecule has 1 unspecified atom stereocenters. The van der Waals surface area contributed by atoms with Crippen molar-refractivity contribution < 1.29 is 24.2 Å². The molecular weight excluding hydrogens is 364 g/mol. The van der Waals surface area contributed by atoms with Crippen LogP contribution in [0.25, 0.3) is 0 Å². The summed E-state index contributed by atoms with van der Waals surface area (Å²) in [5.41, 5.74) is 11.8. The Balaban J connectivity index is 2.38. The summed E-state index contributed by atoms with van der Waals surface area (Å²) in [5, 5.41) is 20.1. The van der Waals surface area contributed by atoms with E-state index < -0.39 is 17.9 Å². The average molecular weight is 386 g/mol. The highest BCUT2D eigenvalue weighted by atomic mass is 16.5. The first-order valence-electron chi connectivity index (χ1n) is 8.43. The van der Waals surface area contributed by atoms with Crippen molar-refractivity contribution in [2.75, 3.05) is 18.5 Å². The van der Waals surface area contributed by atoms with E-state index in [1.807, 2.05) is 0 Å². The number of amidine groups is 1. The van der Waals surface area contributed by atoms with Crippen LogP contribution < -0.4 is 26.3 Å². The molecule has 0 aliphatic rings. The van der Waals surface area contributed by atoms with Gasteiger partial charge in [0, 0.05) is 16.8 Å². The van der Waals surface area contributed by atoms with Crippen molar-refractivity contribution >= 4 is 23.4 Å². The Hall–Kier alpha value is -3.75. The molecule has 0 aliphatic carbocycles. The number of nitrogens with two attached hydrogens (primary N) is 2. The second-order valence-corrected chi connectivity index (χ2v) is 5.79. The zero-order chi connectivity index (χ0) is 20.7. The quantitative estimate of drug-likeness (QED) is 0.305. The molecule has 0 spiro atoms. The van der Waals surface area contributed by atoms with Crippen LogP contribution in [-0.2, 0) is 9.59 Å². The fraction of sp³-hybridized carbons (Fsp3) is 0.211. The van der Waals surface area contributed by atoms with Crippen LogP contribution in [-0.4, -0.2) is 36.0 Å². The van der Waals surface area contributed by atoms with Crippen LogP contribution in [0.15, 0.2) is 42.5 Å². The fourth-order valence-corrected chi connectivity index (χ4v) is 2.47. The summed E-state index contributed by atoms with van der Waals surface area (Å²) in [4.78, 5) is 23.0. The molecule has 1 amide bonds. The van der Waals surface area contributed by atoms with E-state index in [0.717, 1.165) is 0 Å². The van der Waals surface area contributed by atoms with Crippen molar-refractivity contribution in [2.45, 2.75) is 13.0 Å². The SMILES string of the molecule is CCOc1ccc(OCC(N)=O)c(C(Nc2ccc(C(=N)N)cc2)C(=O)O)c1. The molecule has 2 rings (SSSR count). The molecule has 28 heavy (non-hydrogen) atoms. The predicted molar refractivity (Wildman–Crippen MR) is 104 cm³/mol. The Morgan fingerprint density at radius 2 is 1.82 bits per heavy atom. The van der Waals surface area contributed by atoms with Gasteiger partial charge in [-0.05, 0) is 49.4 Å². The van der Waals surface area contributed by atoms with Crippen molar-refractivity contribution in [3.63, 3.8) is 0 Å². The monoisotopic (exact) mass is 386 g/mol. The molecule has 2 aromatic carbocycles. The van der Waals surface area contributed by atoms with Gasteiger partial charge < -0.3 is 31.4 Å². The third-order valence-corrected chi connectivity index (χ3v) is 3.73. The number of carboxylic acid groups (broad SMARTS) is 1. The number of hydrogen-bond donors (Lipinski definition) is 5. The van der Waals surface area contributed by atoms with Crippen LogP contribution in [0.5, 0.6) is 11.5 Å². The Labute approximate surface area is 161 Å². The normalized spacial score (nSPS) is 11.3. The Morgan fingerprint density at radius 1 is 1.14 bits per heavy atom. The van der Waals surface area contributed by atoms with Gasteiger partial charge in [-0.25, -0.2) is 4.79 Å². The molecule has 2 aromatic rings. The van der Waals surface area contributed by atoms with E-state index in [1.54, 1.807) is 37.3 Å². The number of ether oxygens (including phenoxy) is 2. The molecule has 0 fully saturated rings. The molecule has 0 aliphatic heterocycles. The molecule has 148 valence electrons. The zero-order valence-corrected chi connectivity index (χ0v) is 15.3. The van der Waals surface area contributed by atoms with E-state index >= 15 is 0 Å². The third kappa shape index (κ3) is 5.37. The van der Waals surface area contributed by atoms with Crippen molar-refractivity contribution in [3.8, 4) is 11.5 Å². The Morgan fingerprint density at radius 3 is 2.36 bits per heavy atom. The number of amides is 1. The van der Waals surface area contributed by atoms with Gasteiger partial charge >= 0.3 is 5.97 Å². The number of primary amides is 1. The van der Waals surface area contributed by atoms with E-state index in [-0.39, 0.29) is 23.8 Å². The van der Waals surface area contributed by atoms with E-state index in [2.05, 4.69) is 5.32 Å². The average Bonchev–Trinajstić information content (AvgIpc) is 2.65. The van der Waals surface area contributed by atoms with Gasteiger partial charge in [0.25, 0.3) is 5.91 Å². The lowest BCUT2D eigenvalue weighted by Gasteiger charge is -2.20. The van der Waals surface area contributed by atoms with Gasteiger partial charge in [-0.2, -0.15) is 0 Å². The largest absolute Gasteiger partial charge is 0.494 e. The van der Waals surface area contributed by atoms with Gasteiger partial charge in [-0.3, -0.25) is 10.2 Å². The number of carbonyl (C=O) groups excluding carboxylic acids is 1. The minimum absolute atomic E-state index is 0.0899. The topological polar surface area (TPSA) is 161 Å². The predicted octanol–water partition coefficient (Wildman–Crippen LogP) is 1.47. The van der Waals surface area contributed by atoms with Gasteiger partial charge in [-0.15, -0.1) is 0 Å². The van der Waals surface area contributed by atoms with Gasteiger partial charge in [0.15, 0.2) is 12.6 Å². The molecule has 0 saturated heterocycles. The van der Waals surface area contributed by atoms with Gasteiger partial charge in [0.1, 0.15) is 17.3 Å². The van der Waals surface area contributed by atoms with Crippen LogP contribution >= 0.6 is 0 Å². The van der Waals surface area contributed by atoms with Crippen molar-refractivity contribution in [2.24, 2.45) is 11.5 Å². The molecule has 0 radical (unpaired) electrons. The van der Waals surface area contributed by atoms with Crippen molar-refractivity contribution in [3.05, 3.63) is 53.6 Å². The van der Waals surface area contributed by atoms with E-state index in [4.69, 9.17) is 26.4 Å². The number of carbonyl (C=O) groups is 2. The minimum Gasteiger partial charge on any atom is -0.494 e. The maximum absolute atomic E-state index is 11.9. The number of carboxylic acids is 1. The number of nitrogens with one attached hydrogen (secondary N) is 2. The number of aliphatic carboxylic acids is 1. The van der Waals surface area contributed by atoms with E-state index in [9.17, 15) is 14.7 Å². The number of anilines is 1. The minimum atomic E-state index is -1.19. The van der Waals surface area contributed by atoms with Crippen molar-refractivity contribution in [1.82, 2.24) is 0 Å². The van der Waals surface area contributed by atoms with Crippen LogP contribution in [0, 0.1) is 5.41 Å². The smallest absolute Gasteiger partial charge is 0.330 e. The van der Waals surface area contributed by atoms with Crippen molar-refractivity contribution in [1.29, 1.82) is 5.41 Å². The first-order chi connectivity index (χ1) is 13.3. The maximum Gasteiger partial charge on any atom is 0.330 e. The summed E-state index contributed by atoms with van der Waals surface area (Å²) in [6.07, 6.45) is 0. The standard InChI is InChI=1S/C19H22N4O5/c1-2-27-13-7-8-15(28-10-16(20)24)14(9-13)17(19(25)26)23-12-5-3-11(4-6-12)18(21)22/h3-9,17,23H,2,10H2,1H3,(H2,20,24)(H3,21,22)(H,25,26). The first-order valence-corrected chi connectivity index (χ1v) is 8.43. The highest BCUT2D eigenvalue weighted by Crippen LogP contribution is 2.32. The fourth-order valence-electron chi connectivity index (χ4n) is 2.47. The highest BCUT2D eigenvalue weighted by molar-refractivity contribution is 5.95. The zero-order valence-electron chi connectivity index (χ0n) is 15.3. The molecule has 0 heterocycles. The summed E-state index contributed by atoms with van der Waals surface area (Å²) >= 11 is 0. The lowest BCUT2D eigenvalue weighted by atomic mass is 10.0. The first kappa shape index (κ1) is 20.6. The lowest BCUT2D eigenvalue weighted by Crippen LogP contribution is -2.24. The molecule has 0 bridgehead atoms. The highest BCUT2D eigenvalue weighted by Gasteiger charge is 2.25. The van der Waals surface area contributed by atoms with Gasteiger partial charge in [0.05, 0.1) is 6.61 Å². The number of rotatable bonds is 10. The maximum atomic E-state index is 11.9. The second kappa shape index (κ2) is 9.26. The van der Waals surface area contributed by atoms with E-state index in [1.165, 1.54) is 12.1 Å². The Kier molecular flexibility index (Phi) is 6.80. The third-order valence-electron chi connectivity index (χ3n) is 3.73. The molecule has 0 saturated carbocycles. The summed E-state index contributed by atoms with van der Waals surface area (Å²) in [6.45, 7) is 1.82. The summed E-state index contributed by atoms with van der Waals surface area (Å²) in [5.74, 6) is -1.27. The Bertz CT molecular complexity index is 867. The van der Waals surface area contributed by atoms with Crippen LogP contribution in [0.4, 0.5) is 5.69 Å². The molecule has 1 atom stereocenters. The number of benzene rings is 2. The van der Waals surface area contributed by atoms with E-state index in [0.29, 0.717) is 23.6 Å². The molecule has 0 aromatic heterocycles. The molecule has 9 heteroatoms. The molecular formula is C19H22N4O5. The van der Waals surface area contributed by atoms with Crippen LogP contribution in [0.1, 0.15) is 24.1 Å².